The van der Waals surface area contributed by atoms with Crippen LogP contribution < -0.4 is 19.9 Å². The number of pyridine rings is 1. The van der Waals surface area contributed by atoms with E-state index in [1.54, 1.807) is 13.3 Å². The first kappa shape index (κ1) is 22.2. The number of nitrogens with one attached hydrogen (secondary N) is 2. The second-order valence-corrected chi connectivity index (χ2v) is 7.95. The second kappa shape index (κ2) is 9.55. The van der Waals surface area contributed by atoms with Gasteiger partial charge in [-0.1, -0.05) is 0 Å². The van der Waals surface area contributed by atoms with Crippen molar-refractivity contribution in [1.29, 1.82) is 0 Å². The quantitative estimate of drug-likeness (QED) is 0.302. The van der Waals surface area contributed by atoms with Crippen molar-refractivity contribution in [1.82, 2.24) is 9.97 Å². The van der Waals surface area contributed by atoms with E-state index in [-0.39, 0.29) is 12.2 Å². The molecule has 1 unspecified atom stereocenters. The van der Waals surface area contributed by atoms with Crippen molar-refractivity contribution in [3.8, 4) is 5.75 Å². The highest BCUT2D eigenvalue weighted by atomic mass is 16.5. The van der Waals surface area contributed by atoms with Gasteiger partial charge >= 0.3 is 0 Å². The van der Waals surface area contributed by atoms with Crippen molar-refractivity contribution in [2.45, 2.75) is 33.0 Å². The van der Waals surface area contributed by atoms with Gasteiger partial charge in [0.1, 0.15) is 24.0 Å². The number of methoxy groups -OCH3 is 1. The predicted octanol–water partition coefficient (Wildman–Crippen LogP) is 4.44. The van der Waals surface area contributed by atoms with Crippen LogP contribution in [-0.4, -0.2) is 49.7 Å². The van der Waals surface area contributed by atoms with Gasteiger partial charge in [-0.2, -0.15) is 0 Å². The number of ether oxygens (including phenoxy) is 1. The third-order valence-electron chi connectivity index (χ3n) is 5.15. The van der Waals surface area contributed by atoms with Crippen LogP contribution >= 0.6 is 0 Å². The van der Waals surface area contributed by atoms with E-state index in [9.17, 15) is 4.79 Å². The van der Waals surface area contributed by atoms with Crippen LogP contribution in [0, 0.1) is 0 Å². The number of hydrogen-bond donors (Lipinski definition) is 2. The maximum atomic E-state index is 11.4. The van der Waals surface area contributed by atoms with Crippen LogP contribution in [0.3, 0.4) is 0 Å². The number of H-pyrrole nitrogens is 1. The molecule has 164 valence electrons. The van der Waals surface area contributed by atoms with Crippen molar-refractivity contribution in [3.05, 3.63) is 54.2 Å². The van der Waals surface area contributed by atoms with Gasteiger partial charge in [0.05, 0.1) is 12.8 Å². The maximum Gasteiger partial charge on any atom is 0.153 e. The Morgan fingerprint density at radius 1 is 1.19 bits per heavy atom. The molecule has 2 N–H and O–H groups in total. The minimum absolute atomic E-state index is 0.247. The van der Waals surface area contributed by atoms with Crippen molar-refractivity contribution in [2.75, 3.05) is 36.3 Å². The van der Waals surface area contributed by atoms with E-state index in [0.717, 1.165) is 40.3 Å². The van der Waals surface area contributed by atoms with E-state index >= 15 is 0 Å². The second-order valence-electron chi connectivity index (χ2n) is 7.95. The van der Waals surface area contributed by atoms with Crippen LogP contribution in [0.25, 0.3) is 10.9 Å². The Morgan fingerprint density at radius 2 is 1.97 bits per heavy atom. The number of benzene rings is 1. The van der Waals surface area contributed by atoms with Crippen molar-refractivity contribution in [2.24, 2.45) is 0 Å². The van der Waals surface area contributed by atoms with Gasteiger partial charge in [-0.05, 0) is 68.8 Å². The van der Waals surface area contributed by atoms with Gasteiger partial charge < -0.3 is 24.8 Å². The lowest BCUT2D eigenvalue weighted by Gasteiger charge is -2.36. The van der Waals surface area contributed by atoms with Gasteiger partial charge in [0.2, 0.25) is 0 Å². The first-order valence-corrected chi connectivity index (χ1v) is 10.3. The molecule has 0 bridgehead atoms. The molecule has 1 aromatic carbocycles. The van der Waals surface area contributed by atoms with E-state index in [2.05, 4.69) is 45.0 Å². The van der Waals surface area contributed by atoms with Gasteiger partial charge in [0.25, 0.3) is 0 Å². The summed E-state index contributed by atoms with van der Waals surface area (Å²) >= 11 is 0. The smallest absolute Gasteiger partial charge is 0.153 e. The largest absolute Gasteiger partial charge is 0.497 e. The standard InChI is InChI=1S/C24H31N5O2/c1-16(2)26-21-8-7-11-25-24(21)29(5)23(12-17(3)15-30)28(4)22-14-18-13-19(31-6)9-10-20(18)27-22/h7-16,23,26-27H,1-6H3/b17-12+. The number of aldehydes is 1. The number of aromatic nitrogens is 2. The lowest BCUT2D eigenvalue weighted by Crippen LogP contribution is -2.45. The van der Waals surface area contributed by atoms with Crippen LogP contribution in [0.4, 0.5) is 17.3 Å². The number of fused-ring (bicyclic) bond motifs is 1. The van der Waals surface area contributed by atoms with Crippen LogP contribution in [0.5, 0.6) is 5.75 Å². The minimum atomic E-state index is -0.247. The fourth-order valence-electron chi connectivity index (χ4n) is 3.54. The average Bonchev–Trinajstić information content (AvgIpc) is 3.19. The number of carbonyl (C=O) groups is 1. The number of hydrogen-bond acceptors (Lipinski definition) is 6. The molecule has 2 heterocycles. The zero-order valence-electron chi connectivity index (χ0n) is 19.0. The number of aromatic amines is 1. The number of rotatable bonds is 9. The van der Waals surface area contributed by atoms with E-state index < -0.39 is 0 Å². The third-order valence-corrected chi connectivity index (χ3v) is 5.15. The van der Waals surface area contributed by atoms with Gasteiger partial charge in [0, 0.05) is 37.2 Å². The van der Waals surface area contributed by atoms with Crippen molar-refractivity contribution >= 4 is 34.5 Å². The molecule has 7 heteroatoms. The lowest BCUT2D eigenvalue weighted by atomic mass is 10.2. The number of carbonyl (C=O) groups excluding carboxylic acids is 1. The normalized spacial score (nSPS) is 12.7. The fourth-order valence-corrected chi connectivity index (χ4v) is 3.54. The summed E-state index contributed by atoms with van der Waals surface area (Å²) in [5.74, 6) is 2.54. The summed E-state index contributed by atoms with van der Waals surface area (Å²) in [4.78, 5) is 23.7. The van der Waals surface area contributed by atoms with E-state index in [1.807, 2.05) is 57.4 Å². The molecule has 7 nitrogen and oxygen atoms in total. The predicted molar refractivity (Wildman–Crippen MR) is 128 cm³/mol. The Balaban J connectivity index is 2.02. The van der Waals surface area contributed by atoms with E-state index in [4.69, 9.17) is 4.74 Å². The van der Waals surface area contributed by atoms with Gasteiger partial charge in [-0.3, -0.25) is 4.79 Å². The number of nitrogens with zero attached hydrogens (tertiary/aromatic N) is 3. The molecular formula is C24H31N5O2. The molecule has 0 saturated carbocycles. The topological polar surface area (TPSA) is 73.5 Å². The number of likely N-dealkylation sites (N-methyl/N-ethyl adjacent to an activating group) is 2. The number of anilines is 3. The zero-order valence-corrected chi connectivity index (χ0v) is 19.0. The zero-order chi connectivity index (χ0) is 22.5. The van der Waals surface area contributed by atoms with Gasteiger partial charge in [0.15, 0.2) is 5.82 Å². The molecule has 31 heavy (non-hydrogen) atoms. The molecule has 0 fully saturated rings. The van der Waals surface area contributed by atoms with E-state index in [1.165, 1.54) is 0 Å². The first-order chi connectivity index (χ1) is 14.8. The minimum Gasteiger partial charge on any atom is -0.497 e. The molecule has 0 spiro atoms. The highest BCUT2D eigenvalue weighted by molar-refractivity contribution is 5.85. The lowest BCUT2D eigenvalue weighted by molar-refractivity contribution is -0.104. The molecule has 1 atom stereocenters. The third kappa shape index (κ3) is 4.99. The fraction of sp³-hybridized carbons (Fsp3) is 0.333. The summed E-state index contributed by atoms with van der Waals surface area (Å²) in [7, 11) is 5.64. The van der Waals surface area contributed by atoms with Crippen molar-refractivity contribution in [3.63, 3.8) is 0 Å². The highest BCUT2D eigenvalue weighted by Crippen LogP contribution is 2.30. The van der Waals surface area contributed by atoms with Gasteiger partial charge in [-0.15, -0.1) is 0 Å². The molecule has 0 saturated heterocycles. The maximum absolute atomic E-state index is 11.4. The first-order valence-electron chi connectivity index (χ1n) is 10.3. The average molecular weight is 422 g/mol. The summed E-state index contributed by atoms with van der Waals surface area (Å²) < 4.78 is 5.35. The van der Waals surface area contributed by atoms with Crippen molar-refractivity contribution < 1.29 is 9.53 Å². The van der Waals surface area contributed by atoms with E-state index in [0.29, 0.717) is 5.57 Å². The summed E-state index contributed by atoms with van der Waals surface area (Å²) in [6.45, 7) is 5.99. The molecule has 0 aliphatic heterocycles. The van der Waals surface area contributed by atoms with Crippen LogP contribution in [0.1, 0.15) is 20.8 Å². The number of allylic oxidation sites excluding steroid dienone is 1. The molecule has 0 amide bonds. The molecule has 3 aromatic rings. The molecule has 0 radical (unpaired) electrons. The van der Waals surface area contributed by atoms with Crippen LogP contribution in [0.2, 0.25) is 0 Å². The van der Waals surface area contributed by atoms with Crippen LogP contribution in [-0.2, 0) is 4.79 Å². The van der Waals surface area contributed by atoms with Crippen LogP contribution in [0.15, 0.2) is 54.2 Å². The Hall–Kier alpha value is -3.48. The summed E-state index contributed by atoms with van der Waals surface area (Å²) in [6.07, 6.45) is 4.34. The Labute approximate surface area is 183 Å². The molecule has 0 aliphatic rings. The Bertz CT molecular complexity index is 1070. The molecular weight excluding hydrogens is 390 g/mol. The highest BCUT2D eigenvalue weighted by Gasteiger charge is 2.23. The monoisotopic (exact) mass is 421 g/mol. The summed E-state index contributed by atoms with van der Waals surface area (Å²) in [5, 5.41) is 4.51. The summed E-state index contributed by atoms with van der Waals surface area (Å²) in [5.41, 5.74) is 2.60. The summed E-state index contributed by atoms with van der Waals surface area (Å²) in [6, 6.07) is 12.2. The molecule has 3 rings (SSSR count). The Morgan fingerprint density at radius 3 is 2.65 bits per heavy atom. The SMILES string of the molecule is COc1ccc2[nH]c(N(C)C(/C=C(\C)C=O)N(C)c3ncccc3NC(C)C)cc2c1. The Kier molecular flexibility index (Phi) is 6.84. The molecule has 2 aromatic heterocycles. The van der Waals surface area contributed by atoms with Gasteiger partial charge in [-0.25, -0.2) is 4.98 Å². The molecule has 0 aliphatic carbocycles.